The molecule has 0 bridgehead atoms. The number of halogens is 1. The van der Waals surface area contributed by atoms with Gasteiger partial charge in [0.05, 0.1) is 0 Å². The molecule has 2 rings (SSSR count). The zero-order valence-corrected chi connectivity index (χ0v) is 12.8. The molecule has 1 aromatic heterocycles. The Labute approximate surface area is 121 Å². The first-order valence-electron chi connectivity index (χ1n) is 7.50. The third-order valence-corrected chi connectivity index (χ3v) is 4.42. The molecule has 1 aliphatic heterocycles. The molecule has 3 nitrogen and oxygen atoms in total. The summed E-state index contributed by atoms with van der Waals surface area (Å²) >= 11 is 6.25. The number of hydrogen-bond donors (Lipinski definition) is 0. The molecule has 4 heteroatoms. The van der Waals surface area contributed by atoms with Crippen molar-refractivity contribution in [2.75, 3.05) is 18.0 Å². The Morgan fingerprint density at radius 1 is 1.26 bits per heavy atom. The predicted octanol–water partition coefficient (Wildman–Crippen LogP) is 4.10. The highest BCUT2D eigenvalue weighted by Gasteiger charge is 2.20. The fraction of sp³-hybridized carbons (Fsp3) is 0.733. The molecule has 1 saturated heterocycles. The average Bonchev–Trinajstić information content (AvgIpc) is 2.66. The molecule has 0 aromatic carbocycles. The molecule has 1 aliphatic rings. The topological polar surface area (TPSA) is 29.0 Å². The molecule has 0 aliphatic carbocycles. The van der Waals surface area contributed by atoms with Crippen molar-refractivity contribution in [2.45, 2.75) is 52.4 Å². The Balaban J connectivity index is 2.18. The van der Waals surface area contributed by atoms with E-state index >= 15 is 0 Å². The molecular weight excluding hydrogens is 258 g/mol. The molecule has 0 radical (unpaired) electrons. The van der Waals surface area contributed by atoms with Crippen LogP contribution in [-0.2, 0) is 6.42 Å². The first kappa shape index (κ1) is 14.6. The first-order chi connectivity index (χ1) is 9.26. The third-order valence-electron chi connectivity index (χ3n) is 4.09. The SMILES string of the molecule is CCCc1c(Cl)ncnc1N1CCCC(CC)CC1. The lowest BCUT2D eigenvalue weighted by molar-refractivity contribution is 0.459. The molecule has 0 amide bonds. The van der Waals surface area contributed by atoms with Crippen molar-refractivity contribution in [3.63, 3.8) is 0 Å². The molecule has 106 valence electrons. The van der Waals surface area contributed by atoms with Crippen molar-refractivity contribution in [2.24, 2.45) is 5.92 Å². The standard InChI is InChI=1S/C15H24ClN3/c1-3-6-13-14(16)17-11-18-15(13)19-9-5-7-12(4-2)8-10-19/h11-12H,3-10H2,1-2H3. The minimum atomic E-state index is 0.628. The van der Waals surface area contributed by atoms with Crippen LogP contribution in [0.25, 0.3) is 0 Å². The Hall–Kier alpha value is -0.830. The maximum atomic E-state index is 6.25. The van der Waals surface area contributed by atoms with Crippen LogP contribution < -0.4 is 4.90 Å². The van der Waals surface area contributed by atoms with Gasteiger partial charge in [-0.3, -0.25) is 0 Å². The lowest BCUT2D eigenvalue weighted by atomic mass is 9.98. The monoisotopic (exact) mass is 281 g/mol. The summed E-state index contributed by atoms with van der Waals surface area (Å²) in [5, 5.41) is 0.628. The molecule has 2 heterocycles. The normalized spacial score (nSPS) is 20.4. The summed E-state index contributed by atoms with van der Waals surface area (Å²) in [6.45, 7) is 6.66. The molecule has 0 spiro atoms. The molecule has 1 fully saturated rings. The number of aromatic nitrogens is 2. The van der Waals surface area contributed by atoms with Crippen molar-refractivity contribution in [1.82, 2.24) is 9.97 Å². The lowest BCUT2D eigenvalue weighted by Crippen LogP contribution is -2.26. The van der Waals surface area contributed by atoms with Crippen LogP contribution in [0.1, 0.15) is 51.5 Å². The van der Waals surface area contributed by atoms with E-state index in [4.69, 9.17) is 11.6 Å². The van der Waals surface area contributed by atoms with Crippen LogP contribution in [0.15, 0.2) is 6.33 Å². The van der Waals surface area contributed by atoms with Gasteiger partial charge in [0.1, 0.15) is 17.3 Å². The van der Waals surface area contributed by atoms with Gasteiger partial charge in [-0.15, -0.1) is 0 Å². The van der Waals surface area contributed by atoms with E-state index in [0.717, 1.165) is 43.2 Å². The minimum Gasteiger partial charge on any atom is -0.356 e. The number of anilines is 1. The Morgan fingerprint density at radius 2 is 2.11 bits per heavy atom. The third kappa shape index (κ3) is 3.59. The fourth-order valence-electron chi connectivity index (χ4n) is 2.91. The van der Waals surface area contributed by atoms with Gasteiger partial charge in [0.15, 0.2) is 0 Å². The summed E-state index contributed by atoms with van der Waals surface area (Å²) in [5.41, 5.74) is 1.13. The second-order valence-corrected chi connectivity index (χ2v) is 5.77. The van der Waals surface area contributed by atoms with Gasteiger partial charge in [-0.2, -0.15) is 0 Å². The Kier molecular flexibility index (Phi) is 5.44. The van der Waals surface area contributed by atoms with Gasteiger partial charge >= 0.3 is 0 Å². The number of hydrogen-bond acceptors (Lipinski definition) is 3. The van der Waals surface area contributed by atoms with Crippen molar-refractivity contribution in [3.8, 4) is 0 Å². The smallest absolute Gasteiger partial charge is 0.137 e. The summed E-state index contributed by atoms with van der Waals surface area (Å²) < 4.78 is 0. The van der Waals surface area contributed by atoms with Crippen LogP contribution in [0, 0.1) is 5.92 Å². The van der Waals surface area contributed by atoms with Crippen molar-refractivity contribution >= 4 is 17.4 Å². The predicted molar refractivity (Wildman–Crippen MR) is 80.9 cm³/mol. The van der Waals surface area contributed by atoms with E-state index in [1.165, 1.54) is 25.7 Å². The van der Waals surface area contributed by atoms with E-state index in [0.29, 0.717) is 5.15 Å². The number of rotatable bonds is 4. The van der Waals surface area contributed by atoms with Gasteiger partial charge in [0.2, 0.25) is 0 Å². The first-order valence-corrected chi connectivity index (χ1v) is 7.88. The van der Waals surface area contributed by atoms with E-state index < -0.39 is 0 Å². The maximum Gasteiger partial charge on any atom is 0.137 e. The Morgan fingerprint density at radius 3 is 2.84 bits per heavy atom. The van der Waals surface area contributed by atoms with Crippen LogP contribution in [0.3, 0.4) is 0 Å². The Bertz CT molecular complexity index is 408. The summed E-state index contributed by atoms with van der Waals surface area (Å²) in [5.74, 6) is 1.94. The molecule has 0 saturated carbocycles. The molecule has 1 atom stereocenters. The number of nitrogens with zero attached hydrogens (tertiary/aromatic N) is 3. The molecular formula is C15H24ClN3. The van der Waals surface area contributed by atoms with Gasteiger partial charge < -0.3 is 4.90 Å². The zero-order chi connectivity index (χ0) is 13.7. The van der Waals surface area contributed by atoms with Crippen molar-refractivity contribution in [3.05, 3.63) is 17.0 Å². The van der Waals surface area contributed by atoms with Crippen LogP contribution in [0.5, 0.6) is 0 Å². The summed E-state index contributed by atoms with van der Waals surface area (Å²) in [6.07, 6.45) is 8.79. The quantitative estimate of drug-likeness (QED) is 0.778. The van der Waals surface area contributed by atoms with Gasteiger partial charge in [0, 0.05) is 18.7 Å². The average molecular weight is 282 g/mol. The van der Waals surface area contributed by atoms with Crippen molar-refractivity contribution < 1.29 is 0 Å². The summed E-state index contributed by atoms with van der Waals surface area (Å²) in [4.78, 5) is 11.1. The summed E-state index contributed by atoms with van der Waals surface area (Å²) in [7, 11) is 0. The summed E-state index contributed by atoms with van der Waals surface area (Å²) in [6, 6.07) is 0. The second kappa shape index (κ2) is 7.09. The van der Waals surface area contributed by atoms with Gasteiger partial charge in [-0.1, -0.05) is 38.3 Å². The van der Waals surface area contributed by atoms with Crippen LogP contribution in [0.4, 0.5) is 5.82 Å². The molecule has 1 aromatic rings. The van der Waals surface area contributed by atoms with E-state index in [1.807, 2.05) is 0 Å². The van der Waals surface area contributed by atoms with Gasteiger partial charge in [-0.25, -0.2) is 9.97 Å². The van der Waals surface area contributed by atoms with Gasteiger partial charge in [-0.05, 0) is 31.6 Å². The van der Waals surface area contributed by atoms with Crippen molar-refractivity contribution in [1.29, 1.82) is 0 Å². The van der Waals surface area contributed by atoms with Crippen LogP contribution in [0.2, 0.25) is 5.15 Å². The van der Waals surface area contributed by atoms with E-state index in [9.17, 15) is 0 Å². The molecule has 1 unspecified atom stereocenters. The van der Waals surface area contributed by atoms with E-state index in [-0.39, 0.29) is 0 Å². The van der Waals surface area contributed by atoms with Gasteiger partial charge in [0.25, 0.3) is 0 Å². The van der Waals surface area contributed by atoms with Crippen LogP contribution >= 0.6 is 11.6 Å². The largest absolute Gasteiger partial charge is 0.356 e. The lowest BCUT2D eigenvalue weighted by Gasteiger charge is -2.24. The highest BCUT2D eigenvalue weighted by atomic mass is 35.5. The second-order valence-electron chi connectivity index (χ2n) is 5.41. The molecule has 19 heavy (non-hydrogen) atoms. The van der Waals surface area contributed by atoms with E-state index in [2.05, 4.69) is 28.7 Å². The molecule has 0 N–H and O–H groups in total. The highest BCUT2D eigenvalue weighted by Crippen LogP contribution is 2.28. The van der Waals surface area contributed by atoms with E-state index in [1.54, 1.807) is 6.33 Å². The van der Waals surface area contributed by atoms with Crippen LogP contribution in [-0.4, -0.2) is 23.1 Å². The maximum absolute atomic E-state index is 6.25. The minimum absolute atomic E-state index is 0.628. The fourth-order valence-corrected chi connectivity index (χ4v) is 3.13. The zero-order valence-electron chi connectivity index (χ0n) is 12.0. The highest BCUT2D eigenvalue weighted by molar-refractivity contribution is 6.30.